The fourth-order valence-electron chi connectivity index (χ4n) is 3.70. The molecule has 2 aromatic carbocycles. The van der Waals surface area contributed by atoms with Crippen molar-refractivity contribution < 1.29 is 13.2 Å². The summed E-state index contributed by atoms with van der Waals surface area (Å²) in [4.78, 5) is 4.74. The monoisotopic (exact) mass is 572 g/mol. The quantitative estimate of drug-likeness (QED) is 0.268. The van der Waals surface area contributed by atoms with Crippen molar-refractivity contribution in [3.63, 3.8) is 0 Å². The number of fused-ring (bicyclic) bond motifs is 1. The number of rotatable bonds is 7. The molecule has 0 bridgehead atoms. The van der Waals surface area contributed by atoms with E-state index in [-0.39, 0.29) is 41.4 Å². The van der Waals surface area contributed by atoms with Crippen molar-refractivity contribution in [3.8, 4) is 5.75 Å². The van der Waals surface area contributed by atoms with Crippen LogP contribution in [0.1, 0.15) is 49.9 Å². The molecule has 0 saturated carbocycles. The third-order valence-electron chi connectivity index (χ3n) is 5.11. The van der Waals surface area contributed by atoms with Crippen molar-refractivity contribution in [3.05, 3.63) is 65.2 Å². The average molecular weight is 573 g/mol. The maximum Gasteiger partial charge on any atom is 0.215 e. The minimum absolute atomic E-state index is 0. The van der Waals surface area contributed by atoms with Crippen LogP contribution in [0.3, 0.4) is 0 Å². The lowest BCUT2D eigenvalue weighted by atomic mass is 9.90. The van der Waals surface area contributed by atoms with E-state index >= 15 is 0 Å². The Morgan fingerprint density at radius 2 is 1.88 bits per heavy atom. The van der Waals surface area contributed by atoms with Crippen molar-refractivity contribution in [1.29, 1.82) is 0 Å². The molecule has 1 aliphatic heterocycles. The lowest BCUT2D eigenvalue weighted by molar-refractivity contribution is 0.0694. The van der Waals surface area contributed by atoms with Crippen LogP contribution in [0.15, 0.2) is 53.5 Å². The second kappa shape index (κ2) is 11.3. The van der Waals surface area contributed by atoms with E-state index in [9.17, 15) is 8.42 Å². The number of benzene rings is 2. The zero-order valence-electron chi connectivity index (χ0n) is 19.0. The Kier molecular flexibility index (Phi) is 9.35. The Bertz CT molecular complexity index is 1040. The number of hydrogen-bond donors (Lipinski definition) is 3. The van der Waals surface area contributed by atoms with Gasteiger partial charge in [-0.15, -0.1) is 24.0 Å². The Balaban J connectivity index is 0.00000363. The number of hydrogen-bond acceptors (Lipinski definition) is 4. The zero-order chi connectivity index (χ0) is 22.5. The molecule has 0 radical (unpaired) electrons. The number of nitrogens with zero attached hydrogens (tertiary/aromatic N) is 1. The zero-order valence-corrected chi connectivity index (χ0v) is 22.2. The first-order chi connectivity index (χ1) is 14.7. The summed E-state index contributed by atoms with van der Waals surface area (Å²) < 4.78 is 32.2. The van der Waals surface area contributed by atoms with Gasteiger partial charge in [-0.05, 0) is 45.0 Å². The molecular formula is C23H33IN4O3S. The normalized spacial score (nSPS) is 17.5. The summed E-state index contributed by atoms with van der Waals surface area (Å²) in [5, 5.41) is 6.87. The van der Waals surface area contributed by atoms with Gasteiger partial charge in [-0.2, -0.15) is 0 Å². The van der Waals surface area contributed by atoms with Crippen LogP contribution in [0, 0.1) is 0 Å². The van der Waals surface area contributed by atoms with Crippen LogP contribution in [0.4, 0.5) is 0 Å². The largest absolute Gasteiger partial charge is 0.487 e. The summed E-state index contributed by atoms with van der Waals surface area (Å²) in [7, 11) is -1.89. The minimum Gasteiger partial charge on any atom is -0.487 e. The summed E-state index contributed by atoms with van der Waals surface area (Å²) in [6.45, 7) is 7.39. The summed E-state index contributed by atoms with van der Waals surface area (Å²) in [6, 6.07) is 15.7. The Morgan fingerprint density at radius 1 is 1.16 bits per heavy atom. The molecule has 1 heterocycles. The molecule has 2 aromatic rings. The number of para-hydroxylation sites is 1. The topological polar surface area (TPSA) is 91.8 Å². The van der Waals surface area contributed by atoms with E-state index < -0.39 is 10.0 Å². The Hall–Kier alpha value is -1.85. The fourth-order valence-corrected chi connectivity index (χ4v) is 4.46. The molecule has 0 aromatic heterocycles. The predicted octanol–water partition coefficient (Wildman–Crippen LogP) is 3.71. The number of sulfonamides is 1. The summed E-state index contributed by atoms with van der Waals surface area (Å²) >= 11 is 0. The number of aliphatic imine (C=N–C) groups is 1. The highest BCUT2D eigenvalue weighted by molar-refractivity contribution is 14.0. The molecule has 9 heteroatoms. The van der Waals surface area contributed by atoms with Crippen LogP contribution in [0.2, 0.25) is 0 Å². The van der Waals surface area contributed by atoms with Gasteiger partial charge >= 0.3 is 0 Å². The third kappa shape index (κ3) is 7.35. The van der Waals surface area contributed by atoms with Gasteiger partial charge in [0.15, 0.2) is 5.96 Å². The number of guanidine groups is 1. The molecule has 1 unspecified atom stereocenters. The van der Waals surface area contributed by atoms with Crippen molar-refractivity contribution in [2.45, 2.75) is 51.1 Å². The first-order valence-electron chi connectivity index (χ1n) is 10.5. The molecule has 0 amide bonds. The maximum absolute atomic E-state index is 11.8. The van der Waals surface area contributed by atoms with Crippen molar-refractivity contribution >= 4 is 40.0 Å². The first kappa shape index (κ1) is 26.4. The smallest absolute Gasteiger partial charge is 0.215 e. The number of ether oxygens (including phenoxy) is 1. The lowest BCUT2D eigenvalue weighted by Gasteiger charge is -2.38. The van der Waals surface area contributed by atoms with Gasteiger partial charge in [-0.1, -0.05) is 42.5 Å². The van der Waals surface area contributed by atoms with E-state index in [4.69, 9.17) is 9.73 Å². The standard InChI is InChI=1S/C23H32N4O3S.HI/c1-5-25-22(26-15-17-9-8-10-18(13-17)16-31(28,29)24-4)27-20-14-23(2,3)30-21-12-7-6-11-19(20)21;/h6-13,20,24H,5,14-16H2,1-4H3,(H2,25,26,27);1H. The van der Waals surface area contributed by atoms with E-state index in [2.05, 4.69) is 35.3 Å². The third-order valence-corrected chi connectivity index (χ3v) is 6.45. The van der Waals surface area contributed by atoms with Crippen LogP contribution in [-0.4, -0.2) is 33.6 Å². The van der Waals surface area contributed by atoms with Crippen molar-refractivity contribution in [2.75, 3.05) is 13.6 Å². The summed E-state index contributed by atoms with van der Waals surface area (Å²) in [5.41, 5.74) is 2.52. The second-order valence-electron chi connectivity index (χ2n) is 8.28. The second-order valence-corrected chi connectivity index (χ2v) is 10.2. The molecule has 0 saturated heterocycles. The molecule has 0 spiro atoms. The molecule has 0 fully saturated rings. The Labute approximate surface area is 208 Å². The van der Waals surface area contributed by atoms with Crippen LogP contribution >= 0.6 is 24.0 Å². The van der Waals surface area contributed by atoms with Crippen molar-refractivity contribution in [2.24, 2.45) is 4.99 Å². The van der Waals surface area contributed by atoms with Gasteiger partial charge in [0.1, 0.15) is 11.4 Å². The number of nitrogens with one attached hydrogen (secondary N) is 3. The summed E-state index contributed by atoms with van der Waals surface area (Å²) in [6.07, 6.45) is 0.811. The fraction of sp³-hybridized carbons (Fsp3) is 0.435. The highest BCUT2D eigenvalue weighted by atomic mass is 127. The van der Waals surface area contributed by atoms with E-state index in [1.54, 1.807) is 0 Å². The van der Waals surface area contributed by atoms with E-state index in [0.717, 1.165) is 35.4 Å². The van der Waals surface area contributed by atoms with Gasteiger partial charge in [-0.25, -0.2) is 18.1 Å². The first-order valence-corrected chi connectivity index (χ1v) is 12.2. The molecule has 0 aliphatic carbocycles. The SMILES string of the molecule is CCNC(=NCc1cccc(CS(=O)(=O)NC)c1)NC1CC(C)(C)Oc2ccccc21.I. The average Bonchev–Trinajstić information content (AvgIpc) is 2.71. The molecule has 1 atom stereocenters. The van der Waals surface area contributed by atoms with Gasteiger partial charge in [0.2, 0.25) is 10.0 Å². The van der Waals surface area contributed by atoms with Crippen LogP contribution in [0.5, 0.6) is 5.75 Å². The molecule has 3 N–H and O–H groups in total. The van der Waals surface area contributed by atoms with Crippen LogP contribution in [-0.2, 0) is 22.3 Å². The van der Waals surface area contributed by atoms with Gasteiger partial charge in [0, 0.05) is 18.5 Å². The van der Waals surface area contributed by atoms with Gasteiger partial charge in [0.05, 0.1) is 18.3 Å². The molecule has 32 heavy (non-hydrogen) atoms. The summed E-state index contributed by atoms with van der Waals surface area (Å²) in [5.74, 6) is 1.56. The molecule has 176 valence electrons. The molecule has 3 rings (SSSR count). The van der Waals surface area contributed by atoms with E-state index in [1.807, 2.05) is 49.4 Å². The molecule has 1 aliphatic rings. The van der Waals surface area contributed by atoms with Crippen LogP contribution in [0.25, 0.3) is 0 Å². The maximum atomic E-state index is 11.8. The highest BCUT2D eigenvalue weighted by Crippen LogP contribution is 2.39. The Morgan fingerprint density at radius 3 is 2.59 bits per heavy atom. The molecule has 7 nitrogen and oxygen atoms in total. The highest BCUT2D eigenvalue weighted by Gasteiger charge is 2.33. The van der Waals surface area contributed by atoms with Gasteiger partial charge in [-0.3, -0.25) is 0 Å². The van der Waals surface area contributed by atoms with Gasteiger partial charge in [0.25, 0.3) is 0 Å². The van der Waals surface area contributed by atoms with Crippen molar-refractivity contribution in [1.82, 2.24) is 15.4 Å². The van der Waals surface area contributed by atoms with E-state index in [0.29, 0.717) is 12.5 Å². The predicted molar refractivity (Wildman–Crippen MR) is 140 cm³/mol. The minimum atomic E-state index is -3.31. The van der Waals surface area contributed by atoms with E-state index in [1.165, 1.54) is 7.05 Å². The lowest BCUT2D eigenvalue weighted by Crippen LogP contribution is -2.45. The van der Waals surface area contributed by atoms with Crippen LogP contribution < -0.4 is 20.1 Å². The molecular weight excluding hydrogens is 539 g/mol. The number of halogens is 1. The van der Waals surface area contributed by atoms with Gasteiger partial charge < -0.3 is 15.4 Å².